The van der Waals surface area contributed by atoms with Gasteiger partial charge in [-0.05, 0) is 78.4 Å². The summed E-state index contributed by atoms with van der Waals surface area (Å²) in [6, 6.07) is 7.94. The Labute approximate surface area is 236 Å². The lowest BCUT2D eigenvalue weighted by atomic mass is 10.1. The van der Waals surface area contributed by atoms with E-state index >= 15 is 0 Å². The van der Waals surface area contributed by atoms with E-state index in [4.69, 9.17) is 34.8 Å². The first-order chi connectivity index (χ1) is 18.1. The Hall–Kier alpha value is -3.11. The second-order valence-electron chi connectivity index (χ2n) is 8.13. The highest BCUT2D eigenvalue weighted by molar-refractivity contribution is 7.86. The number of rotatable bonds is 6. The average Bonchev–Trinajstić information content (AvgIpc) is 2.81. The topological polar surface area (TPSA) is 191 Å². The molecule has 3 aromatic carbocycles. The zero-order chi connectivity index (χ0) is 28.9. The number of nitrogens with one attached hydrogen (secondary N) is 1. The van der Waals surface area contributed by atoms with Crippen LogP contribution < -0.4 is 5.32 Å². The molecule has 0 saturated heterocycles. The molecule has 4 N–H and O–H groups in total. The number of aromatic hydroxyl groups is 1. The second-order valence-corrected chi connectivity index (χ2v) is 12.0. The van der Waals surface area contributed by atoms with Crippen molar-refractivity contribution in [3.8, 4) is 5.75 Å². The van der Waals surface area contributed by atoms with Crippen LogP contribution in [0.2, 0.25) is 15.5 Å². The van der Waals surface area contributed by atoms with Crippen molar-refractivity contribution in [3.05, 3.63) is 63.0 Å². The highest BCUT2D eigenvalue weighted by Crippen LogP contribution is 2.43. The number of fused-ring (bicyclic) bond motifs is 1. The summed E-state index contributed by atoms with van der Waals surface area (Å²) in [5, 5.41) is 21.6. The van der Waals surface area contributed by atoms with Crippen LogP contribution in [0.1, 0.15) is 11.1 Å². The Bertz CT molecular complexity index is 1920. The molecule has 4 aromatic rings. The standard InChI is InChI=1S/C22H16Cl3N5O7S2/c1-9-6-15(38(32,33)34)10(2)5-14(9)29-30-18-16(39(35,36)37)8-11-7-12(3-4-13(11)19(18)31)26-21-17(23)20(24)27-22(25)28-21/h3-8,31H,1-2H3,(H,26,27,28)(H,32,33,34)(H,35,36,37). The van der Waals surface area contributed by atoms with Gasteiger partial charge in [0.25, 0.3) is 20.2 Å². The average molecular weight is 633 g/mol. The van der Waals surface area contributed by atoms with Gasteiger partial charge in [0, 0.05) is 11.1 Å². The molecule has 0 amide bonds. The third kappa shape index (κ3) is 6.06. The SMILES string of the molecule is Cc1cc(S(=O)(=O)O)c(C)cc1N=Nc1c(S(=O)(=O)O)cc2cc(Nc3nc(Cl)nc(Cl)c3Cl)ccc2c1O. The van der Waals surface area contributed by atoms with Crippen molar-refractivity contribution in [2.24, 2.45) is 10.2 Å². The van der Waals surface area contributed by atoms with Crippen molar-refractivity contribution in [2.75, 3.05) is 5.32 Å². The van der Waals surface area contributed by atoms with E-state index in [2.05, 4.69) is 25.5 Å². The smallest absolute Gasteiger partial charge is 0.296 e. The minimum atomic E-state index is -4.91. The lowest BCUT2D eigenvalue weighted by Gasteiger charge is -2.12. The van der Waals surface area contributed by atoms with Crippen LogP contribution in [-0.2, 0) is 20.2 Å². The number of hydrogen-bond donors (Lipinski definition) is 4. The fourth-order valence-corrected chi connectivity index (χ4v) is 5.56. The van der Waals surface area contributed by atoms with E-state index in [1.54, 1.807) is 0 Å². The first-order valence-electron chi connectivity index (χ1n) is 10.5. The van der Waals surface area contributed by atoms with Gasteiger partial charge in [-0.2, -0.15) is 26.9 Å². The van der Waals surface area contributed by atoms with Crippen LogP contribution in [0.4, 0.5) is 22.9 Å². The molecule has 0 aliphatic carbocycles. The number of phenolic OH excluding ortho intramolecular Hbond substituents is 1. The van der Waals surface area contributed by atoms with Gasteiger partial charge in [0.05, 0.1) is 10.6 Å². The maximum absolute atomic E-state index is 12.2. The van der Waals surface area contributed by atoms with Crippen molar-refractivity contribution >= 4 is 88.7 Å². The molecule has 0 radical (unpaired) electrons. The van der Waals surface area contributed by atoms with Gasteiger partial charge >= 0.3 is 0 Å². The summed E-state index contributed by atoms with van der Waals surface area (Å²) in [6.45, 7) is 2.91. The van der Waals surface area contributed by atoms with Crippen LogP contribution in [0.5, 0.6) is 5.75 Å². The lowest BCUT2D eigenvalue weighted by molar-refractivity contribution is 0.472. The van der Waals surface area contributed by atoms with E-state index in [1.807, 2.05) is 0 Å². The molecule has 0 fully saturated rings. The molecule has 0 atom stereocenters. The van der Waals surface area contributed by atoms with Gasteiger partial charge in [-0.3, -0.25) is 9.11 Å². The molecule has 17 heteroatoms. The number of hydrogen-bond acceptors (Lipinski definition) is 10. The third-order valence-electron chi connectivity index (χ3n) is 5.40. The molecule has 0 aliphatic heterocycles. The van der Waals surface area contributed by atoms with E-state index in [0.29, 0.717) is 5.69 Å². The van der Waals surface area contributed by atoms with Crippen molar-refractivity contribution in [3.63, 3.8) is 0 Å². The highest BCUT2D eigenvalue weighted by Gasteiger charge is 2.23. The zero-order valence-corrected chi connectivity index (χ0v) is 23.6. The first kappa shape index (κ1) is 28.9. The number of azo groups is 1. The van der Waals surface area contributed by atoms with E-state index in [1.165, 1.54) is 44.2 Å². The summed E-state index contributed by atoms with van der Waals surface area (Å²) < 4.78 is 66.7. The number of anilines is 2. The Kier molecular flexibility index (Phi) is 7.75. The van der Waals surface area contributed by atoms with Crippen LogP contribution in [0.25, 0.3) is 10.8 Å². The lowest BCUT2D eigenvalue weighted by Crippen LogP contribution is -2.01. The minimum absolute atomic E-state index is 0.0199. The Morgan fingerprint density at radius 3 is 2.15 bits per heavy atom. The maximum Gasteiger partial charge on any atom is 0.296 e. The number of benzene rings is 3. The first-order valence-corrected chi connectivity index (χ1v) is 14.5. The fourth-order valence-electron chi connectivity index (χ4n) is 3.60. The minimum Gasteiger partial charge on any atom is -0.505 e. The molecule has 39 heavy (non-hydrogen) atoms. The quantitative estimate of drug-likeness (QED) is 0.0782. The summed E-state index contributed by atoms with van der Waals surface area (Å²) in [5.41, 5.74) is 0.347. The molecule has 0 saturated carbocycles. The van der Waals surface area contributed by atoms with Gasteiger partial charge in [0.1, 0.15) is 15.6 Å². The van der Waals surface area contributed by atoms with Crippen LogP contribution in [0.3, 0.4) is 0 Å². The Morgan fingerprint density at radius 1 is 0.846 bits per heavy atom. The monoisotopic (exact) mass is 631 g/mol. The molecule has 4 rings (SSSR count). The highest BCUT2D eigenvalue weighted by atomic mass is 35.5. The zero-order valence-electron chi connectivity index (χ0n) is 19.7. The summed E-state index contributed by atoms with van der Waals surface area (Å²) in [5.74, 6) is -0.540. The molecular weight excluding hydrogens is 617 g/mol. The van der Waals surface area contributed by atoms with E-state index in [-0.39, 0.29) is 53.8 Å². The summed E-state index contributed by atoms with van der Waals surface area (Å²) in [6.07, 6.45) is 0. The summed E-state index contributed by atoms with van der Waals surface area (Å²) in [7, 11) is -9.39. The molecule has 0 unspecified atom stereocenters. The molecule has 0 spiro atoms. The molecule has 0 bridgehead atoms. The summed E-state index contributed by atoms with van der Waals surface area (Å²) >= 11 is 17.8. The van der Waals surface area contributed by atoms with Crippen LogP contribution >= 0.6 is 34.8 Å². The van der Waals surface area contributed by atoms with Gasteiger partial charge in [0.2, 0.25) is 5.28 Å². The van der Waals surface area contributed by atoms with Crippen molar-refractivity contribution in [1.82, 2.24) is 9.97 Å². The molecule has 204 valence electrons. The van der Waals surface area contributed by atoms with Gasteiger partial charge in [-0.15, -0.1) is 5.11 Å². The second kappa shape index (κ2) is 10.5. The van der Waals surface area contributed by atoms with Gasteiger partial charge in [-0.1, -0.05) is 23.2 Å². The predicted octanol–water partition coefficient (Wildman–Crippen LogP) is 6.56. The van der Waals surface area contributed by atoms with E-state index < -0.39 is 36.6 Å². The molecule has 1 aromatic heterocycles. The largest absolute Gasteiger partial charge is 0.505 e. The molecule has 0 aliphatic rings. The molecular formula is C22H16Cl3N5O7S2. The maximum atomic E-state index is 12.2. The third-order valence-corrected chi connectivity index (χ3v) is 8.16. The van der Waals surface area contributed by atoms with Crippen molar-refractivity contribution in [2.45, 2.75) is 23.6 Å². The van der Waals surface area contributed by atoms with Crippen LogP contribution in [-0.4, -0.2) is 41.0 Å². The fraction of sp³-hybridized carbons (Fsp3) is 0.0909. The molecule has 1 heterocycles. The van der Waals surface area contributed by atoms with E-state index in [0.717, 1.165) is 6.07 Å². The van der Waals surface area contributed by atoms with Gasteiger partial charge < -0.3 is 10.4 Å². The van der Waals surface area contributed by atoms with Crippen molar-refractivity contribution < 1.29 is 31.0 Å². The predicted molar refractivity (Wildman–Crippen MR) is 146 cm³/mol. The number of phenols is 1. The normalized spacial score (nSPS) is 12.4. The number of nitrogens with zero attached hydrogens (tertiary/aromatic N) is 4. The van der Waals surface area contributed by atoms with Crippen molar-refractivity contribution in [1.29, 1.82) is 0 Å². The number of aromatic nitrogens is 2. The Morgan fingerprint density at radius 2 is 1.51 bits per heavy atom. The number of halogens is 3. The van der Waals surface area contributed by atoms with Gasteiger partial charge in [0.15, 0.2) is 16.7 Å². The van der Waals surface area contributed by atoms with Crippen LogP contribution in [0.15, 0.2) is 56.4 Å². The number of aryl methyl sites for hydroxylation is 2. The molecule has 12 nitrogen and oxygen atoms in total. The van der Waals surface area contributed by atoms with Gasteiger partial charge in [-0.25, -0.2) is 4.98 Å². The summed E-state index contributed by atoms with van der Waals surface area (Å²) in [4.78, 5) is 6.59. The van der Waals surface area contributed by atoms with Crippen LogP contribution in [0, 0.1) is 13.8 Å². The Balaban J connectivity index is 1.82. The van der Waals surface area contributed by atoms with E-state index in [9.17, 15) is 31.0 Å².